The van der Waals surface area contributed by atoms with Gasteiger partial charge in [0.25, 0.3) is 0 Å². The van der Waals surface area contributed by atoms with Crippen LogP contribution in [0.4, 0.5) is 5.69 Å². The lowest BCUT2D eigenvalue weighted by atomic mass is 9.97. The number of nitrogens with one attached hydrogen (secondary N) is 1. The van der Waals surface area contributed by atoms with Gasteiger partial charge >= 0.3 is 0 Å². The van der Waals surface area contributed by atoms with E-state index in [-0.39, 0.29) is 11.8 Å². The molecule has 0 bridgehead atoms. The van der Waals surface area contributed by atoms with Crippen molar-refractivity contribution in [3.05, 3.63) is 77.9 Å². The van der Waals surface area contributed by atoms with Gasteiger partial charge in [-0.05, 0) is 23.6 Å². The zero-order chi connectivity index (χ0) is 17.9. The first-order valence-electron chi connectivity index (χ1n) is 8.56. The Balaban J connectivity index is 1.40. The number of carbonyl (C=O) groups excluding carboxylic acids is 1. The van der Waals surface area contributed by atoms with Crippen LogP contribution >= 0.6 is 11.3 Å². The number of thiazole rings is 1. The predicted molar refractivity (Wildman–Crippen MR) is 107 cm³/mol. The first-order chi connectivity index (χ1) is 12.7. The third-order valence-electron chi connectivity index (χ3n) is 4.42. The molecule has 0 aliphatic heterocycles. The first kappa shape index (κ1) is 16.5. The molecule has 0 unspecified atom stereocenters. The third-order valence-corrected chi connectivity index (χ3v) is 5.19. The van der Waals surface area contributed by atoms with E-state index in [1.54, 1.807) is 11.3 Å². The molecule has 0 aliphatic rings. The molecule has 0 saturated heterocycles. The van der Waals surface area contributed by atoms with Crippen LogP contribution in [0.1, 0.15) is 24.8 Å². The Kier molecular flexibility index (Phi) is 4.54. The SMILES string of the molecule is C[C@@H](CC(=O)Nc1ccc(-c2cn3ccsc3n2)cc1)c1ccccc1. The van der Waals surface area contributed by atoms with Crippen LogP contribution in [0.15, 0.2) is 72.4 Å². The summed E-state index contributed by atoms with van der Waals surface area (Å²) in [6.45, 7) is 2.07. The topological polar surface area (TPSA) is 46.4 Å². The molecule has 2 heterocycles. The Hall–Kier alpha value is -2.92. The summed E-state index contributed by atoms with van der Waals surface area (Å²) < 4.78 is 2.01. The molecule has 4 nitrogen and oxygen atoms in total. The Morgan fingerprint density at radius 3 is 2.65 bits per heavy atom. The van der Waals surface area contributed by atoms with Crippen molar-refractivity contribution >= 4 is 27.9 Å². The van der Waals surface area contributed by atoms with E-state index in [2.05, 4.69) is 29.4 Å². The molecule has 4 aromatic rings. The van der Waals surface area contributed by atoms with Crippen molar-refractivity contribution in [3.63, 3.8) is 0 Å². The maximum absolute atomic E-state index is 12.3. The fourth-order valence-electron chi connectivity index (χ4n) is 2.98. The summed E-state index contributed by atoms with van der Waals surface area (Å²) in [5.41, 5.74) is 3.96. The molecule has 0 spiro atoms. The van der Waals surface area contributed by atoms with Crippen molar-refractivity contribution in [2.75, 3.05) is 5.32 Å². The first-order valence-corrected chi connectivity index (χ1v) is 9.44. The summed E-state index contributed by atoms with van der Waals surface area (Å²) in [7, 11) is 0. The second-order valence-corrected chi connectivity index (χ2v) is 7.23. The number of rotatable bonds is 5. The van der Waals surface area contributed by atoms with Gasteiger partial charge in [-0.2, -0.15) is 0 Å². The maximum atomic E-state index is 12.3. The summed E-state index contributed by atoms with van der Waals surface area (Å²) in [5, 5.41) is 5.00. The van der Waals surface area contributed by atoms with Crippen LogP contribution in [0.2, 0.25) is 0 Å². The minimum Gasteiger partial charge on any atom is -0.326 e. The average molecular weight is 361 g/mol. The summed E-state index contributed by atoms with van der Waals surface area (Å²) in [6, 6.07) is 17.9. The van der Waals surface area contributed by atoms with Crippen LogP contribution < -0.4 is 5.32 Å². The van der Waals surface area contributed by atoms with Crippen LogP contribution in [0.3, 0.4) is 0 Å². The van der Waals surface area contributed by atoms with Crippen LogP contribution in [0.25, 0.3) is 16.2 Å². The van der Waals surface area contributed by atoms with E-state index in [1.807, 2.05) is 64.6 Å². The Labute approximate surface area is 156 Å². The highest BCUT2D eigenvalue weighted by Gasteiger charge is 2.11. The second-order valence-electron chi connectivity index (χ2n) is 6.36. The lowest BCUT2D eigenvalue weighted by molar-refractivity contribution is -0.116. The molecule has 26 heavy (non-hydrogen) atoms. The molecule has 0 radical (unpaired) electrons. The highest BCUT2D eigenvalue weighted by molar-refractivity contribution is 7.15. The molecule has 4 rings (SSSR count). The van der Waals surface area contributed by atoms with Gasteiger partial charge in [-0.25, -0.2) is 4.98 Å². The third kappa shape index (κ3) is 3.53. The molecule has 0 fully saturated rings. The van der Waals surface area contributed by atoms with Crippen LogP contribution in [-0.2, 0) is 4.79 Å². The van der Waals surface area contributed by atoms with E-state index in [4.69, 9.17) is 0 Å². The lowest BCUT2D eigenvalue weighted by Crippen LogP contribution is -2.14. The molecular formula is C21H19N3OS. The number of hydrogen-bond donors (Lipinski definition) is 1. The predicted octanol–water partition coefficient (Wildman–Crippen LogP) is 5.20. The zero-order valence-electron chi connectivity index (χ0n) is 14.4. The summed E-state index contributed by atoms with van der Waals surface area (Å²) in [4.78, 5) is 17.9. The van der Waals surface area contributed by atoms with Gasteiger partial charge in [0.15, 0.2) is 4.96 Å². The van der Waals surface area contributed by atoms with E-state index in [0.717, 1.165) is 21.9 Å². The minimum absolute atomic E-state index is 0.0246. The number of benzene rings is 2. The molecule has 130 valence electrons. The molecule has 0 saturated carbocycles. The largest absolute Gasteiger partial charge is 0.326 e. The highest BCUT2D eigenvalue weighted by atomic mass is 32.1. The van der Waals surface area contributed by atoms with Gasteiger partial charge in [0, 0.05) is 35.4 Å². The second kappa shape index (κ2) is 7.14. The van der Waals surface area contributed by atoms with Crippen molar-refractivity contribution < 1.29 is 4.79 Å². The summed E-state index contributed by atoms with van der Waals surface area (Å²) >= 11 is 1.61. The van der Waals surface area contributed by atoms with Gasteiger partial charge in [0.05, 0.1) is 5.69 Å². The Bertz CT molecular complexity index is 990. The summed E-state index contributed by atoms with van der Waals surface area (Å²) in [6.07, 6.45) is 4.48. The number of carbonyl (C=O) groups is 1. The van der Waals surface area contributed by atoms with Crippen molar-refractivity contribution in [2.24, 2.45) is 0 Å². The quantitative estimate of drug-likeness (QED) is 0.531. The van der Waals surface area contributed by atoms with E-state index < -0.39 is 0 Å². The van der Waals surface area contributed by atoms with Crippen molar-refractivity contribution in [1.29, 1.82) is 0 Å². The van der Waals surface area contributed by atoms with Crippen molar-refractivity contribution in [3.8, 4) is 11.3 Å². The van der Waals surface area contributed by atoms with Gasteiger partial charge < -0.3 is 5.32 Å². The van der Waals surface area contributed by atoms with Crippen LogP contribution in [0.5, 0.6) is 0 Å². The monoisotopic (exact) mass is 361 g/mol. The number of hydrogen-bond acceptors (Lipinski definition) is 3. The molecule has 5 heteroatoms. The molecule has 1 N–H and O–H groups in total. The number of imidazole rings is 1. The fourth-order valence-corrected chi connectivity index (χ4v) is 3.68. The summed E-state index contributed by atoms with van der Waals surface area (Å²) in [5.74, 6) is 0.213. The molecule has 2 aromatic heterocycles. The zero-order valence-corrected chi connectivity index (χ0v) is 15.2. The molecular weight excluding hydrogens is 342 g/mol. The minimum atomic E-state index is 0.0246. The van der Waals surface area contributed by atoms with Crippen molar-refractivity contribution in [1.82, 2.24) is 9.38 Å². The van der Waals surface area contributed by atoms with E-state index in [0.29, 0.717) is 6.42 Å². The normalized spacial score (nSPS) is 12.2. The number of aromatic nitrogens is 2. The maximum Gasteiger partial charge on any atom is 0.224 e. The number of fused-ring (bicyclic) bond motifs is 1. The molecule has 0 aliphatic carbocycles. The smallest absolute Gasteiger partial charge is 0.224 e. The molecule has 1 atom stereocenters. The van der Waals surface area contributed by atoms with E-state index in [1.165, 1.54) is 5.56 Å². The Morgan fingerprint density at radius 1 is 1.15 bits per heavy atom. The van der Waals surface area contributed by atoms with E-state index in [9.17, 15) is 4.79 Å². The van der Waals surface area contributed by atoms with Gasteiger partial charge in [-0.15, -0.1) is 11.3 Å². The van der Waals surface area contributed by atoms with Gasteiger partial charge in [0.1, 0.15) is 0 Å². The standard InChI is InChI=1S/C21H19N3OS/c1-15(16-5-3-2-4-6-16)13-20(25)22-18-9-7-17(8-10-18)19-14-24-11-12-26-21(24)23-19/h2-12,14-15H,13H2,1H3,(H,22,25)/t15-/m0/s1. The van der Waals surface area contributed by atoms with Gasteiger partial charge in [-0.3, -0.25) is 9.20 Å². The number of amides is 1. The van der Waals surface area contributed by atoms with Gasteiger partial charge in [0.2, 0.25) is 5.91 Å². The number of nitrogens with zero attached hydrogens (tertiary/aromatic N) is 2. The molecule has 1 amide bonds. The van der Waals surface area contributed by atoms with Crippen LogP contribution in [-0.4, -0.2) is 15.3 Å². The van der Waals surface area contributed by atoms with Gasteiger partial charge in [-0.1, -0.05) is 49.4 Å². The number of anilines is 1. The van der Waals surface area contributed by atoms with E-state index >= 15 is 0 Å². The van der Waals surface area contributed by atoms with Crippen molar-refractivity contribution in [2.45, 2.75) is 19.3 Å². The molecule has 2 aromatic carbocycles. The fraction of sp³-hybridized carbons (Fsp3) is 0.143. The van der Waals surface area contributed by atoms with Crippen LogP contribution in [0, 0.1) is 0 Å². The average Bonchev–Trinajstić information content (AvgIpc) is 3.25. The Morgan fingerprint density at radius 2 is 1.92 bits per heavy atom. The lowest BCUT2D eigenvalue weighted by Gasteiger charge is -2.12. The highest BCUT2D eigenvalue weighted by Crippen LogP contribution is 2.24.